The Bertz CT molecular complexity index is 182. The number of nitrogens with one attached hydrogen (secondary N) is 1. The third kappa shape index (κ3) is 6.06. The molecule has 0 spiro atoms. The Labute approximate surface area is 77.5 Å². The van der Waals surface area contributed by atoms with E-state index in [2.05, 4.69) is 22.8 Å². The summed E-state index contributed by atoms with van der Waals surface area (Å²) in [6, 6.07) is 0. The zero-order chi connectivity index (χ0) is 9.56. The van der Waals surface area contributed by atoms with Crippen LogP contribution < -0.4 is 11.2 Å². The molecule has 0 aliphatic heterocycles. The second-order valence-corrected chi connectivity index (χ2v) is 3.06. The zero-order valence-corrected chi connectivity index (χ0v) is 8.10. The van der Waals surface area contributed by atoms with E-state index >= 15 is 0 Å². The molecule has 12 heavy (non-hydrogen) atoms. The van der Waals surface area contributed by atoms with Crippen molar-refractivity contribution in [1.82, 2.24) is 5.32 Å². The lowest BCUT2D eigenvalue weighted by Crippen LogP contribution is -2.26. The van der Waals surface area contributed by atoms with Crippen molar-refractivity contribution >= 4 is 18.5 Å². The van der Waals surface area contributed by atoms with E-state index in [1.807, 2.05) is 0 Å². The van der Waals surface area contributed by atoms with Crippen LogP contribution in [-0.4, -0.2) is 17.7 Å². The molecule has 70 valence electrons. The highest BCUT2D eigenvalue weighted by atomic mass is 32.1. The molecule has 5 heteroatoms. The van der Waals surface area contributed by atoms with Crippen LogP contribution in [0.1, 0.15) is 13.8 Å². The molecule has 0 aromatic carbocycles. The normalized spacial score (nSPS) is 13.8. The Kier molecular flexibility index (Phi) is 5.57. The molecule has 1 amide bonds. The van der Waals surface area contributed by atoms with Gasteiger partial charge >= 0.3 is 0 Å². The minimum atomic E-state index is -0.0752. The third-order valence-electron chi connectivity index (χ3n) is 1.17. The Morgan fingerprint density at radius 2 is 2.33 bits per heavy atom. The molecule has 0 aromatic heterocycles. The van der Waals surface area contributed by atoms with Gasteiger partial charge in [-0.05, 0) is 13.0 Å². The summed E-state index contributed by atoms with van der Waals surface area (Å²) >= 11 is 4.17. The number of amides is 1. The first-order chi connectivity index (χ1) is 5.56. The van der Waals surface area contributed by atoms with Gasteiger partial charge in [0.25, 0.3) is 0 Å². The lowest BCUT2D eigenvalue weighted by atomic mass is 10.3. The van der Waals surface area contributed by atoms with E-state index in [1.54, 1.807) is 13.0 Å². The second kappa shape index (κ2) is 5.91. The van der Waals surface area contributed by atoms with Crippen LogP contribution in [0.5, 0.6) is 0 Å². The van der Waals surface area contributed by atoms with Crippen LogP contribution in [0.25, 0.3) is 0 Å². The number of nitrogens with two attached hydrogens (primary N) is 1. The van der Waals surface area contributed by atoms with Crippen molar-refractivity contribution in [2.45, 2.75) is 19.1 Å². The molecular formula is C7H14N2O2S. The van der Waals surface area contributed by atoms with Gasteiger partial charge in [-0.25, -0.2) is 0 Å². The van der Waals surface area contributed by atoms with Crippen molar-refractivity contribution in [2.24, 2.45) is 5.90 Å². The highest BCUT2D eigenvalue weighted by Crippen LogP contribution is 2.00. The SMILES string of the molecule is CC(=O)NCC(S)C=C(C)ON. The molecule has 0 fully saturated rings. The van der Waals surface area contributed by atoms with Crippen molar-refractivity contribution in [2.75, 3.05) is 6.54 Å². The second-order valence-electron chi connectivity index (χ2n) is 2.40. The Hall–Kier alpha value is -0.680. The Balaban J connectivity index is 3.73. The van der Waals surface area contributed by atoms with E-state index in [0.29, 0.717) is 12.3 Å². The van der Waals surface area contributed by atoms with Gasteiger partial charge in [0, 0.05) is 18.7 Å². The first-order valence-corrected chi connectivity index (χ1v) is 4.05. The summed E-state index contributed by atoms with van der Waals surface area (Å²) in [5.74, 6) is 5.40. The molecule has 4 nitrogen and oxygen atoms in total. The number of thiol groups is 1. The van der Waals surface area contributed by atoms with Crippen LogP contribution in [0.3, 0.4) is 0 Å². The molecule has 0 aliphatic carbocycles. The summed E-state index contributed by atoms with van der Waals surface area (Å²) in [5.41, 5.74) is 0. The van der Waals surface area contributed by atoms with E-state index < -0.39 is 0 Å². The smallest absolute Gasteiger partial charge is 0.216 e. The number of rotatable bonds is 4. The largest absolute Gasteiger partial charge is 0.417 e. The van der Waals surface area contributed by atoms with Gasteiger partial charge in [0.1, 0.15) is 5.76 Å². The molecule has 1 atom stereocenters. The first kappa shape index (κ1) is 11.3. The molecule has 3 N–H and O–H groups in total. The van der Waals surface area contributed by atoms with Crippen LogP contribution in [-0.2, 0) is 9.63 Å². The predicted molar refractivity (Wildman–Crippen MR) is 50.5 cm³/mol. The summed E-state index contributed by atoms with van der Waals surface area (Å²) in [5, 5.41) is 2.55. The van der Waals surface area contributed by atoms with Crippen LogP contribution in [0.2, 0.25) is 0 Å². The molecule has 0 saturated heterocycles. The number of carbonyl (C=O) groups excluding carboxylic acids is 1. The topological polar surface area (TPSA) is 64.3 Å². The summed E-state index contributed by atoms with van der Waals surface area (Å²) in [4.78, 5) is 14.9. The van der Waals surface area contributed by atoms with E-state index in [1.165, 1.54) is 6.92 Å². The van der Waals surface area contributed by atoms with Crippen LogP contribution in [0.4, 0.5) is 0 Å². The molecule has 0 aromatic rings. The zero-order valence-electron chi connectivity index (χ0n) is 7.20. The first-order valence-electron chi connectivity index (χ1n) is 3.54. The van der Waals surface area contributed by atoms with Gasteiger partial charge in [0.2, 0.25) is 5.91 Å². The minimum absolute atomic E-state index is 0.0718. The van der Waals surface area contributed by atoms with Gasteiger partial charge in [-0.3, -0.25) is 4.79 Å². The van der Waals surface area contributed by atoms with E-state index in [-0.39, 0.29) is 11.2 Å². The van der Waals surface area contributed by atoms with Crippen LogP contribution in [0.15, 0.2) is 11.8 Å². The highest BCUT2D eigenvalue weighted by molar-refractivity contribution is 7.81. The van der Waals surface area contributed by atoms with Gasteiger partial charge in [0.05, 0.1) is 0 Å². The molecule has 0 saturated carbocycles. The molecule has 0 aliphatic rings. The van der Waals surface area contributed by atoms with Gasteiger partial charge < -0.3 is 10.2 Å². The standard InChI is InChI=1S/C7H14N2O2S/c1-5(11-8)3-7(12)4-9-6(2)10/h3,7,12H,4,8H2,1-2H3,(H,9,10). The molecule has 0 bridgehead atoms. The van der Waals surface area contributed by atoms with Gasteiger partial charge in [-0.15, -0.1) is 0 Å². The van der Waals surface area contributed by atoms with Crippen molar-refractivity contribution in [3.63, 3.8) is 0 Å². The molecular weight excluding hydrogens is 176 g/mol. The number of hydrogen-bond acceptors (Lipinski definition) is 4. The van der Waals surface area contributed by atoms with Gasteiger partial charge in [-0.1, -0.05) is 0 Å². The van der Waals surface area contributed by atoms with Crippen molar-refractivity contribution < 1.29 is 9.63 Å². The lowest BCUT2D eigenvalue weighted by molar-refractivity contribution is -0.118. The summed E-state index contributed by atoms with van der Waals surface area (Å²) in [7, 11) is 0. The van der Waals surface area contributed by atoms with Gasteiger partial charge in [0.15, 0.2) is 0 Å². The summed E-state index contributed by atoms with van der Waals surface area (Å²) in [6.45, 7) is 3.65. The number of hydrogen-bond donors (Lipinski definition) is 3. The summed E-state index contributed by atoms with van der Waals surface area (Å²) in [6.07, 6.45) is 1.72. The Morgan fingerprint density at radius 3 is 2.75 bits per heavy atom. The van der Waals surface area contributed by atoms with Crippen molar-refractivity contribution in [1.29, 1.82) is 0 Å². The predicted octanol–water partition coefficient (Wildman–Crippen LogP) is 0.215. The summed E-state index contributed by atoms with van der Waals surface area (Å²) < 4.78 is 0. The fraction of sp³-hybridized carbons (Fsp3) is 0.571. The number of carbonyl (C=O) groups is 1. The molecule has 0 rings (SSSR count). The lowest BCUT2D eigenvalue weighted by Gasteiger charge is -2.06. The minimum Gasteiger partial charge on any atom is -0.417 e. The molecule has 1 unspecified atom stereocenters. The van der Waals surface area contributed by atoms with E-state index in [9.17, 15) is 4.79 Å². The van der Waals surface area contributed by atoms with Gasteiger partial charge in [-0.2, -0.15) is 18.5 Å². The molecule has 0 radical (unpaired) electrons. The van der Waals surface area contributed by atoms with Crippen molar-refractivity contribution in [3.8, 4) is 0 Å². The van der Waals surface area contributed by atoms with Crippen molar-refractivity contribution in [3.05, 3.63) is 11.8 Å². The average molecular weight is 190 g/mol. The monoisotopic (exact) mass is 190 g/mol. The van der Waals surface area contributed by atoms with E-state index in [4.69, 9.17) is 5.90 Å². The fourth-order valence-corrected chi connectivity index (χ4v) is 0.919. The van der Waals surface area contributed by atoms with Crippen LogP contribution >= 0.6 is 12.6 Å². The fourth-order valence-electron chi connectivity index (χ4n) is 0.617. The quantitative estimate of drug-likeness (QED) is 0.337. The highest BCUT2D eigenvalue weighted by Gasteiger charge is 2.00. The maximum absolute atomic E-state index is 10.5. The average Bonchev–Trinajstić information content (AvgIpc) is 2.00. The maximum Gasteiger partial charge on any atom is 0.216 e. The molecule has 0 heterocycles. The number of allylic oxidation sites excluding steroid dienone is 1. The van der Waals surface area contributed by atoms with Crippen LogP contribution in [0, 0.1) is 0 Å². The Morgan fingerprint density at radius 1 is 1.75 bits per heavy atom. The third-order valence-corrected chi connectivity index (χ3v) is 1.50. The van der Waals surface area contributed by atoms with E-state index in [0.717, 1.165) is 0 Å². The maximum atomic E-state index is 10.5.